The summed E-state index contributed by atoms with van der Waals surface area (Å²) in [4.78, 5) is 0. The molecule has 2 unspecified atom stereocenters. The van der Waals surface area contributed by atoms with Gasteiger partial charge in [-0.05, 0) is 37.1 Å². The van der Waals surface area contributed by atoms with E-state index in [-0.39, 0.29) is 0 Å². The Kier molecular flexibility index (Phi) is 4.21. The number of halogens is 2. The van der Waals surface area contributed by atoms with E-state index in [1.807, 2.05) is 6.92 Å². The van der Waals surface area contributed by atoms with Crippen LogP contribution in [0, 0.1) is 16.7 Å². The summed E-state index contributed by atoms with van der Waals surface area (Å²) in [6.07, 6.45) is -0.340. The third-order valence-corrected chi connectivity index (χ3v) is 3.23. The van der Waals surface area contributed by atoms with E-state index in [0.29, 0.717) is 22.0 Å². The van der Waals surface area contributed by atoms with Gasteiger partial charge in [0.2, 0.25) is 0 Å². The molecule has 0 aliphatic carbocycles. The van der Waals surface area contributed by atoms with Crippen molar-refractivity contribution in [2.45, 2.75) is 26.4 Å². The number of aliphatic hydroxyl groups is 1. The quantitative estimate of drug-likeness (QED) is 0.891. The minimum absolute atomic E-state index is 0.456. The monoisotopic (exact) mass is 257 g/mol. The summed E-state index contributed by atoms with van der Waals surface area (Å²) < 4.78 is 0. The van der Waals surface area contributed by atoms with Crippen molar-refractivity contribution in [3.63, 3.8) is 0 Å². The molecular weight excluding hydrogens is 245 g/mol. The molecule has 1 aromatic carbocycles. The van der Waals surface area contributed by atoms with Gasteiger partial charge in [-0.3, -0.25) is 0 Å². The highest BCUT2D eigenvalue weighted by atomic mass is 35.5. The van der Waals surface area contributed by atoms with Crippen LogP contribution < -0.4 is 0 Å². The number of nitriles is 1. The molecular formula is C12H13Cl2NO. The number of nitrogens with zero attached hydrogens (tertiary/aromatic N) is 1. The molecule has 0 fully saturated rings. The highest BCUT2D eigenvalue weighted by Gasteiger charge is 2.32. The maximum atomic E-state index is 10.1. The Hall–Kier alpha value is -0.750. The van der Waals surface area contributed by atoms with Gasteiger partial charge < -0.3 is 5.11 Å². The predicted molar refractivity (Wildman–Crippen MR) is 65.4 cm³/mol. The fraction of sp³-hybridized carbons (Fsp3) is 0.417. The lowest BCUT2D eigenvalue weighted by Crippen LogP contribution is -2.22. The van der Waals surface area contributed by atoms with Crippen LogP contribution in [0.15, 0.2) is 18.2 Å². The summed E-state index contributed by atoms with van der Waals surface area (Å²) in [6, 6.07) is 6.98. The molecule has 2 atom stereocenters. The zero-order chi connectivity index (χ0) is 12.3. The molecule has 16 heavy (non-hydrogen) atoms. The van der Waals surface area contributed by atoms with Gasteiger partial charge in [0.1, 0.15) is 0 Å². The number of rotatable bonds is 3. The summed E-state index contributed by atoms with van der Waals surface area (Å²) >= 11 is 11.7. The number of hydrogen-bond donors (Lipinski definition) is 1. The van der Waals surface area contributed by atoms with Gasteiger partial charge >= 0.3 is 0 Å². The van der Waals surface area contributed by atoms with Gasteiger partial charge in [0.15, 0.2) is 0 Å². The molecule has 2 nitrogen and oxygen atoms in total. The van der Waals surface area contributed by atoms with Crippen LogP contribution in [0.1, 0.15) is 31.9 Å². The van der Waals surface area contributed by atoms with E-state index in [1.54, 1.807) is 25.1 Å². The topological polar surface area (TPSA) is 44.0 Å². The normalized spacial score (nSPS) is 16.2. The minimum atomic E-state index is -0.890. The van der Waals surface area contributed by atoms with E-state index in [4.69, 9.17) is 28.5 Å². The third-order valence-electron chi connectivity index (χ3n) is 2.79. The Morgan fingerprint density at radius 3 is 2.25 bits per heavy atom. The van der Waals surface area contributed by atoms with Gasteiger partial charge in [-0.25, -0.2) is 0 Å². The van der Waals surface area contributed by atoms with E-state index in [9.17, 15) is 5.11 Å². The van der Waals surface area contributed by atoms with Gasteiger partial charge in [-0.15, -0.1) is 0 Å². The zero-order valence-corrected chi connectivity index (χ0v) is 10.7. The van der Waals surface area contributed by atoms with E-state index < -0.39 is 11.5 Å². The van der Waals surface area contributed by atoms with E-state index >= 15 is 0 Å². The molecule has 1 N–H and O–H groups in total. The highest BCUT2D eigenvalue weighted by Crippen LogP contribution is 2.37. The summed E-state index contributed by atoms with van der Waals surface area (Å²) in [7, 11) is 0. The van der Waals surface area contributed by atoms with E-state index in [2.05, 4.69) is 6.07 Å². The summed E-state index contributed by atoms with van der Waals surface area (Å²) in [6.45, 7) is 3.57. The van der Waals surface area contributed by atoms with Crippen LogP contribution in [0.5, 0.6) is 0 Å². The average Bonchev–Trinajstić information content (AvgIpc) is 2.25. The summed E-state index contributed by atoms with van der Waals surface area (Å²) in [5.74, 6) is 0. The van der Waals surface area contributed by atoms with Crippen LogP contribution in [0.3, 0.4) is 0 Å². The highest BCUT2D eigenvalue weighted by molar-refractivity contribution is 6.34. The van der Waals surface area contributed by atoms with Crippen molar-refractivity contribution in [3.05, 3.63) is 33.8 Å². The molecule has 0 saturated carbocycles. The molecule has 0 bridgehead atoms. The van der Waals surface area contributed by atoms with Gasteiger partial charge in [0.25, 0.3) is 0 Å². The van der Waals surface area contributed by atoms with Crippen molar-refractivity contribution >= 4 is 23.2 Å². The second kappa shape index (κ2) is 5.05. The van der Waals surface area contributed by atoms with Gasteiger partial charge in [-0.2, -0.15) is 5.26 Å². The van der Waals surface area contributed by atoms with E-state index in [1.165, 1.54) is 0 Å². The van der Waals surface area contributed by atoms with Crippen LogP contribution in [0.2, 0.25) is 10.0 Å². The smallest absolute Gasteiger partial charge is 0.0974 e. The number of aliphatic hydroxyl groups excluding tert-OH is 1. The lowest BCUT2D eigenvalue weighted by molar-refractivity contribution is 0.0722. The Balaban J connectivity index is 3.14. The first kappa shape index (κ1) is 13.3. The van der Waals surface area contributed by atoms with Crippen LogP contribution in [0.4, 0.5) is 0 Å². The second-order valence-corrected chi connectivity index (χ2v) is 4.86. The van der Waals surface area contributed by atoms with Gasteiger partial charge in [0.05, 0.1) is 17.6 Å². The van der Waals surface area contributed by atoms with Crippen molar-refractivity contribution in [2.75, 3.05) is 0 Å². The van der Waals surface area contributed by atoms with Crippen molar-refractivity contribution in [1.82, 2.24) is 0 Å². The fourth-order valence-corrected chi connectivity index (χ4v) is 1.98. The third kappa shape index (κ3) is 2.68. The number of hydrogen-bond acceptors (Lipinski definition) is 2. The Labute approximate surface area is 105 Å². The van der Waals surface area contributed by atoms with Crippen molar-refractivity contribution in [1.29, 1.82) is 5.26 Å². The summed E-state index contributed by atoms with van der Waals surface area (Å²) in [5.41, 5.74) is -0.253. The molecule has 0 saturated heterocycles. The maximum absolute atomic E-state index is 10.1. The predicted octanol–water partition coefficient (Wildman–Crippen LogP) is 3.97. The van der Waals surface area contributed by atoms with Crippen LogP contribution in [-0.4, -0.2) is 5.11 Å². The van der Waals surface area contributed by atoms with Crippen LogP contribution in [-0.2, 0) is 0 Å². The molecule has 4 heteroatoms. The molecule has 0 heterocycles. The molecule has 1 aromatic rings. The Morgan fingerprint density at radius 2 is 1.88 bits per heavy atom. The molecule has 1 rings (SSSR count). The Morgan fingerprint density at radius 1 is 1.38 bits per heavy atom. The Bertz CT molecular complexity index is 407. The lowest BCUT2D eigenvalue weighted by Gasteiger charge is -2.26. The lowest BCUT2D eigenvalue weighted by atomic mass is 9.80. The average molecular weight is 258 g/mol. The molecule has 0 spiro atoms. The first-order valence-electron chi connectivity index (χ1n) is 4.98. The maximum Gasteiger partial charge on any atom is 0.0974 e. The standard InChI is InChI=1S/C12H13Cl2NO/c1-3-12(2,7-15)11(16)8-4-9(13)6-10(14)5-8/h4-6,11,16H,3H2,1-2H3. The minimum Gasteiger partial charge on any atom is -0.387 e. The molecule has 0 aliphatic heterocycles. The zero-order valence-electron chi connectivity index (χ0n) is 9.17. The van der Waals surface area contributed by atoms with Crippen molar-refractivity contribution < 1.29 is 5.11 Å². The SMILES string of the molecule is CCC(C)(C#N)C(O)c1cc(Cl)cc(Cl)c1. The van der Waals surface area contributed by atoms with Crippen LogP contribution in [0.25, 0.3) is 0 Å². The van der Waals surface area contributed by atoms with Gasteiger partial charge in [-0.1, -0.05) is 30.1 Å². The first-order chi connectivity index (χ1) is 7.42. The molecule has 0 aliphatic rings. The molecule has 86 valence electrons. The second-order valence-electron chi connectivity index (χ2n) is 3.99. The molecule has 0 amide bonds. The summed E-state index contributed by atoms with van der Waals surface area (Å²) in [5, 5.41) is 20.1. The first-order valence-corrected chi connectivity index (χ1v) is 5.74. The fourth-order valence-electron chi connectivity index (χ4n) is 1.43. The van der Waals surface area contributed by atoms with Crippen molar-refractivity contribution in [3.8, 4) is 6.07 Å². The number of benzene rings is 1. The molecule has 0 aromatic heterocycles. The van der Waals surface area contributed by atoms with Gasteiger partial charge in [0, 0.05) is 10.0 Å². The molecule has 0 radical (unpaired) electrons. The largest absolute Gasteiger partial charge is 0.387 e. The van der Waals surface area contributed by atoms with Crippen LogP contribution >= 0.6 is 23.2 Å². The van der Waals surface area contributed by atoms with E-state index in [0.717, 1.165) is 0 Å². The van der Waals surface area contributed by atoms with Crippen molar-refractivity contribution in [2.24, 2.45) is 5.41 Å².